The van der Waals surface area contributed by atoms with Crippen LogP contribution >= 0.6 is 0 Å². The minimum absolute atomic E-state index is 0.377. The Morgan fingerprint density at radius 3 is 2.91 bits per heavy atom. The number of hydrogen-bond acceptors (Lipinski definition) is 2. The molecule has 0 aromatic carbocycles. The maximum absolute atomic E-state index is 9.37. The fraction of sp³-hybridized carbons (Fsp3) is 0.556. The maximum Gasteiger partial charge on any atom is 0.155 e. The topological polar surface area (TPSA) is 29.5 Å². The molecule has 1 unspecified atom stereocenters. The van der Waals surface area contributed by atoms with Crippen LogP contribution in [0.5, 0.6) is 0 Å². The summed E-state index contributed by atoms with van der Waals surface area (Å²) >= 11 is 0. The van der Waals surface area contributed by atoms with Crippen LogP contribution in [-0.4, -0.2) is 12.2 Å². The van der Waals surface area contributed by atoms with Gasteiger partial charge in [0.2, 0.25) is 0 Å². The average molecular weight is 154 g/mol. The summed E-state index contributed by atoms with van der Waals surface area (Å²) in [5.74, 6) is 1.46. The summed E-state index contributed by atoms with van der Waals surface area (Å²) in [6.45, 7) is 2.11. The van der Waals surface area contributed by atoms with E-state index in [1.807, 2.05) is 6.08 Å². The van der Waals surface area contributed by atoms with Crippen LogP contribution in [0.1, 0.15) is 19.8 Å². The van der Waals surface area contributed by atoms with E-state index in [1.54, 1.807) is 7.11 Å². The number of aliphatic hydroxyl groups is 1. The number of hydrogen-bond donors (Lipinski definition) is 1. The van der Waals surface area contributed by atoms with Crippen LogP contribution in [0, 0.1) is 5.92 Å². The van der Waals surface area contributed by atoms with Crippen molar-refractivity contribution in [1.82, 2.24) is 0 Å². The summed E-state index contributed by atoms with van der Waals surface area (Å²) in [6, 6.07) is 0. The second-order valence-electron chi connectivity index (χ2n) is 2.75. The van der Waals surface area contributed by atoms with Crippen molar-refractivity contribution in [2.24, 2.45) is 5.92 Å². The molecule has 0 saturated heterocycles. The molecule has 1 aliphatic carbocycles. The lowest BCUT2D eigenvalue weighted by atomic mass is 9.96. The molecule has 0 bridgehead atoms. The molecule has 1 N–H and O–H groups in total. The van der Waals surface area contributed by atoms with E-state index in [2.05, 4.69) is 13.0 Å². The van der Waals surface area contributed by atoms with Gasteiger partial charge in [0, 0.05) is 6.42 Å². The Bertz CT molecular complexity index is 192. The van der Waals surface area contributed by atoms with Gasteiger partial charge in [0.05, 0.1) is 7.11 Å². The van der Waals surface area contributed by atoms with Gasteiger partial charge in [0.25, 0.3) is 0 Å². The average Bonchev–Trinajstić information content (AvgIpc) is 2.04. The second kappa shape index (κ2) is 3.46. The lowest BCUT2D eigenvalue weighted by Gasteiger charge is -2.16. The van der Waals surface area contributed by atoms with Crippen LogP contribution in [-0.2, 0) is 4.74 Å². The molecule has 1 atom stereocenters. The summed E-state index contributed by atoms with van der Waals surface area (Å²) < 4.78 is 4.94. The highest BCUT2D eigenvalue weighted by atomic mass is 16.5. The van der Waals surface area contributed by atoms with Gasteiger partial charge in [0.15, 0.2) is 5.76 Å². The molecule has 62 valence electrons. The maximum atomic E-state index is 9.37. The van der Waals surface area contributed by atoms with Crippen molar-refractivity contribution in [2.45, 2.75) is 19.8 Å². The van der Waals surface area contributed by atoms with Crippen molar-refractivity contribution in [2.75, 3.05) is 7.11 Å². The molecule has 0 radical (unpaired) electrons. The molecular formula is C9H14O2. The van der Waals surface area contributed by atoms with Crippen molar-refractivity contribution >= 4 is 0 Å². The van der Waals surface area contributed by atoms with Gasteiger partial charge in [0.1, 0.15) is 5.76 Å². The van der Waals surface area contributed by atoms with Crippen molar-refractivity contribution in [3.8, 4) is 0 Å². The molecule has 0 aromatic rings. The Morgan fingerprint density at radius 1 is 1.73 bits per heavy atom. The quantitative estimate of drug-likeness (QED) is 0.661. The number of ether oxygens (including phenoxy) is 1. The van der Waals surface area contributed by atoms with E-state index in [-0.39, 0.29) is 0 Å². The monoisotopic (exact) mass is 154 g/mol. The largest absolute Gasteiger partial charge is 0.508 e. The number of methoxy groups -OCH3 is 1. The zero-order chi connectivity index (χ0) is 8.27. The van der Waals surface area contributed by atoms with Crippen molar-refractivity contribution < 1.29 is 9.84 Å². The molecule has 0 amide bonds. The van der Waals surface area contributed by atoms with E-state index < -0.39 is 0 Å². The molecule has 11 heavy (non-hydrogen) atoms. The molecule has 0 heterocycles. The molecule has 2 nitrogen and oxygen atoms in total. The van der Waals surface area contributed by atoms with E-state index in [4.69, 9.17) is 4.74 Å². The lowest BCUT2D eigenvalue weighted by molar-refractivity contribution is 0.250. The molecule has 0 fully saturated rings. The van der Waals surface area contributed by atoms with Gasteiger partial charge in [-0.15, -0.1) is 0 Å². The van der Waals surface area contributed by atoms with Crippen LogP contribution in [0.4, 0.5) is 0 Å². The summed E-state index contributed by atoms with van der Waals surface area (Å²) in [5.41, 5.74) is 0. The molecule has 0 saturated carbocycles. The molecular weight excluding hydrogens is 140 g/mol. The Balaban J connectivity index is 2.66. The predicted molar refractivity (Wildman–Crippen MR) is 44.2 cm³/mol. The number of allylic oxidation sites excluding steroid dienone is 3. The first-order valence-corrected chi connectivity index (χ1v) is 3.92. The van der Waals surface area contributed by atoms with Crippen LogP contribution in [0.3, 0.4) is 0 Å². The molecule has 1 aliphatic rings. The van der Waals surface area contributed by atoms with E-state index in [0.717, 1.165) is 12.8 Å². The van der Waals surface area contributed by atoms with Crippen molar-refractivity contribution in [1.29, 1.82) is 0 Å². The van der Waals surface area contributed by atoms with Gasteiger partial charge in [-0.3, -0.25) is 0 Å². The Labute approximate surface area is 67.2 Å². The second-order valence-corrected chi connectivity index (χ2v) is 2.75. The van der Waals surface area contributed by atoms with E-state index in [1.165, 1.54) is 0 Å². The highest BCUT2D eigenvalue weighted by molar-refractivity contribution is 5.21. The van der Waals surface area contributed by atoms with Crippen LogP contribution in [0.15, 0.2) is 23.7 Å². The standard InChI is InChI=1S/C9H14O2/c1-3-7-4-5-9(11-2)8(10)6-7/h4-5,7,10H,3,6H2,1-2H3. The smallest absolute Gasteiger partial charge is 0.155 e. The van der Waals surface area contributed by atoms with Crippen LogP contribution < -0.4 is 0 Å². The third-order valence-corrected chi connectivity index (χ3v) is 2.00. The van der Waals surface area contributed by atoms with Gasteiger partial charge in [-0.05, 0) is 18.4 Å². The van der Waals surface area contributed by atoms with Gasteiger partial charge in [-0.2, -0.15) is 0 Å². The van der Waals surface area contributed by atoms with Crippen LogP contribution in [0.25, 0.3) is 0 Å². The molecule has 0 spiro atoms. The Hall–Kier alpha value is -0.920. The van der Waals surface area contributed by atoms with Crippen molar-refractivity contribution in [3.05, 3.63) is 23.7 Å². The zero-order valence-corrected chi connectivity index (χ0v) is 7.00. The third kappa shape index (κ3) is 1.76. The fourth-order valence-corrected chi connectivity index (χ4v) is 1.20. The first-order chi connectivity index (χ1) is 5.27. The van der Waals surface area contributed by atoms with Crippen LogP contribution in [0.2, 0.25) is 0 Å². The molecule has 0 aromatic heterocycles. The first kappa shape index (κ1) is 8.18. The van der Waals surface area contributed by atoms with E-state index in [9.17, 15) is 5.11 Å². The van der Waals surface area contributed by atoms with Gasteiger partial charge in [-0.1, -0.05) is 13.0 Å². The SMILES string of the molecule is CCC1C=CC(OC)=C(O)C1. The lowest BCUT2D eigenvalue weighted by Crippen LogP contribution is -2.05. The van der Waals surface area contributed by atoms with E-state index >= 15 is 0 Å². The van der Waals surface area contributed by atoms with Crippen molar-refractivity contribution in [3.63, 3.8) is 0 Å². The fourth-order valence-electron chi connectivity index (χ4n) is 1.20. The summed E-state index contributed by atoms with van der Waals surface area (Å²) in [6.07, 6.45) is 5.71. The number of aliphatic hydroxyl groups excluding tert-OH is 1. The normalized spacial score (nSPS) is 24.0. The zero-order valence-electron chi connectivity index (χ0n) is 7.00. The molecule has 2 heteroatoms. The highest BCUT2D eigenvalue weighted by Gasteiger charge is 2.13. The molecule has 0 aliphatic heterocycles. The number of rotatable bonds is 2. The van der Waals surface area contributed by atoms with E-state index in [0.29, 0.717) is 17.4 Å². The minimum Gasteiger partial charge on any atom is -0.508 e. The first-order valence-electron chi connectivity index (χ1n) is 3.92. The summed E-state index contributed by atoms with van der Waals surface area (Å²) in [7, 11) is 1.57. The summed E-state index contributed by atoms with van der Waals surface area (Å²) in [5, 5.41) is 9.37. The summed E-state index contributed by atoms with van der Waals surface area (Å²) in [4.78, 5) is 0. The van der Waals surface area contributed by atoms with Gasteiger partial charge in [-0.25, -0.2) is 0 Å². The Kier molecular flexibility index (Phi) is 2.58. The van der Waals surface area contributed by atoms with Gasteiger partial charge >= 0.3 is 0 Å². The highest BCUT2D eigenvalue weighted by Crippen LogP contribution is 2.23. The predicted octanol–water partition coefficient (Wildman–Crippen LogP) is 2.39. The van der Waals surface area contributed by atoms with Gasteiger partial charge < -0.3 is 9.84 Å². The third-order valence-electron chi connectivity index (χ3n) is 2.00. The molecule has 1 rings (SSSR count). The minimum atomic E-state index is 0.377. The Morgan fingerprint density at radius 2 is 2.45 bits per heavy atom.